The first-order valence-electron chi connectivity index (χ1n) is 35.6. The number of unbranched alkanes of at least 4 members (excludes halogenated alkanes) is 1. The Labute approximate surface area is 803 Å². The maximum atomic E-state index is 12.1. The maximum absolute atomic E-state index is 12.1. The number of Topliss-reactive ketones (excluding diaryl/α,β-unsaturated/α-hetero) is 1. The van der Waals surface area contributed by atoms with Gasteiger partial charge in [0.05, 0.1) is 95.6 Å². The molecule has 30 nitrogen and oxygen atoms in total. The number of halogens is 3. The van der Waals surface area contributed by atoms with Gasteiger partial charge < -0.3 is 104 Å². The molecule has 121 heavy (non-hydrogen) atoms. The summed E-state index contributed by atoms with van der Waals surface area (Å²) in [4.78, 5) is 84.2. The minimum atomic E-state index is -1.51. The molecule has 676 valence electrons. The summed E-state index contributed by atoms with van der Waals surface area (Å²) >= 11 is 13.1. The molecule has 0 saturated heterocycles. The average molecular weight is 1900 g/mol. The minimum Gasteiger partial charge on any atom is -0.857 e. The predicted octanol–water partition coefficient (Wildman–Crippen LogP) is 6.72. The minimum absolute atomic E-state index is 0. The van der Waals surface area contributed by atoms with Crippen molar-refractivity contribution in [2.45, 2.75) is 192 Å². The van der Waals surface area contributed by atoms with E-state index in [0.29, 0.717) is 93.9 Å². The Morgan fingerprint density at radius 1 is 0.545 bits per heavy atom. The number of methoxy groups -OCH3 is 10. The van der Waals surface area contributed by atoms with E-state index in [2.05, 4.69) is 84.7 Å². The fraction of sp³-hybridized carbons (Fsp3) is 0.524. The third-order valence-electron chi connectivity index (χ3n) is 13.6. The SMILES string of the molecule is C.C.C.CCC(=O)c1ccnc(OC)c1OC.CCC(O)(CC(=O)OC(C)(C)C)c1cc[nH]c(=O)c1OC.CCC(O)(CC(=O)OC(C)(C)C)c1ccnc(OC)c1OC.CCC(O)c1ccnc(OC)c1OC.CCC=O.CI.COc1cccnc1Cl.COc1cccnc1OC.CPC.C[O-].C[O-].Oc1cccnc1Cl.[CH2-]CCC.[Li+].[Na+].[Na+]. The topological polar surface area (TPSA) is 416 Å². The number of alkyl halides is 1. The Balaban J connectivity index is -0.000000112. The molecule has 5 N–H and O–H groups in total. The van der Waals surface area contributed by atoms with E-state index in [1.165, 1.54) is 93.1 Å². The Morgan fingerprint density at radius 3 is 1.21 bits per heavy atom. The zero-order valence-corrected chi connectivity index (χ0v) is 83.6. The summed E-state index contributed by atoms with van der Waals surface area (Å²) in [5.74, 6) is 3.05. The van der Waals surface area contributed by atoms with Gasteiger partial charge in [0.15, 0.2) is 56.3 Å². The summed E-state index contributed by atoms with van der Waals surface area (Å²) < 4.78 is 61.0. The fourth-order valence-corrected chi connectivity index (χ4v) is 8.58. The molecule has 7 aromatic rings. The average Bonchev–Trinajstić information content (AvgIpc) is 0.797. The van der Waals surface area contributed by atoms with Gasteiger partial charge in [-0.3, -0.25) is 19.2 Å². The van der Waals surface area contributed by atoms with Crippen molar-refractivity contribution in [1.82, 2.24) is 34.9 Å². The van der Waals surface area contributed by atoms with Crippen molar-refractivity contribution < 1.29 is 185 Å². The summed E-state index contributed by atoms with van der Waals surface area (Å²) in [5, 5.41) is 57.2. The van der Waals surface area contributed by atoms with Crippen molar-refractivity contribution in [2.75, 3.05) is 104 Å². The van der Waals surface area contributed by atoms with Crippen LogP contribution >= 0.6 is 54.4 Å². The number of hydrogen-bond donors (Lipinski definition) is 5. The van der Waals surface area contributed by atoms with Gasteiger partial charge in [-0.2, -0.15) is 20.6 Å². The first kappa shape index (κ1) is 141. The van der Waals surface area contributed by atoms with Gasteiger partial charge in [-0.25, -0.2) is 29.9 Å². The summed E-state index contributed by atoms with van der Waals surface area (Å²) in [6.07, 6.45) is 15.3. The Bertz CT molecular complexity index is 3730. The second-order valence-corrected chi connectivity index (χ2v) is 25.7. The first-order valence-corrected chi connectivity index (χ1v) is 40.5. The van der Waals surface area contributed by atoms with Crippen LogP contribution in [0.2, 0.25) is 10.3 Å². The molecule has 0 aliphatic heterocycles. The second kappa shape index (κ2) is 84.9. The summed E-state index contributed by atoms with van der Waals surface area (Å²) in [6, 6.07) is 16.7. The van der Waals surface area contributed by atoms with Gasteiger partial charge in [0.2, 0.25) is 0 Å². The number of pyridine rings is 7. The van der Waals surface area contributed by atoms with Gasteiger partial charge in [0.1, 0.15) is 28.7 Å². The molecule has 0 saturated carbocycles. The van der Waals surface area contributed by atoms with Crippen LogP contribution in [0.25, 0.3) is 0 Å². The van der Waals surface area contributed by atoms with Gasteiger partial charge in [-0.05, 0) is 140 Å². The summed E-state index contributed by atoms with van der Waals surface area (Å²) in [6.45, 7) is 29.7. The van der Waals surface area contributed by atoms with Crippen LogP contribution in [0.3, 0.4) is 0 Å². The Morgan fingerprint density at radius 2 is 0.901 bits per heavy atom. The predicted molar refractivity (Wildman–Crippen MR) is 478 cm³/mol. The van der Waals surface area contributed by atoms with E-state index in [9.17, 15) is 39.3 Å². The molecule has 0 spiro atoms. The number of carbonyl (C=O) groups is 4. The van der Waals surface area contributed by atoms with Crippen LogP contribution in [0.1, 0.15) is 196 Å². The molecule has 37 heteroatoms. The van der Waals surface area contributed by atoms with E-state index in [4.69, 9.17) is 95.4 Å². The van der Waals surface area contributed by atoms with E-state index in [1.54, 1.807) is 151 Å². The molecular formula is C84H138Cl2ILiN7Na2O23P. The summed E-state index contributed by atoms with van der Waals surface area (Å²) in [7, 11) is 17.6. The quantitative estimate of drug-likeness (QED) is 0.00482. The Hall–Kier alpha value is -5.93. The molecule has 3 unspecified atom stereocenters. The van der Waals surface area contributed by atoms with Crippen LogP contribution in [0, 0.1) is 6.92 Å². The number of aldehydes is 1. The number of ketones is 1. The van der Waals surface area contributed by atoms with Crippen LogP contribution in [0.4, 0.5) is 0 Å². The molecule has 3 atom stereocenters. The smallest absolute Gasteiger partial charge is 0.857 e. The van der Waals surface area contributed by atoms with Gasteiger partial charge in [0.25, 0.3) is 29.1 Å². The molecule has 7 heterocycles. The molecule has 0 aliphatic carbocycles. The van der Waals surface area contributed by atoms with E-state index < -0.39 is 46.0 Å². The van der Waals surface area contributed by atoms with Crippen molar-refractivity contribution >= 4 is 78.4 Å². The molecule has 7 rings (SSSR count). The van der Waals surface area contributed by atoms with Crippen LogP contribution < -0.4 is 141 Å². The molecule has 0 bridgehead atoms. The number of H-pyrrole nitrogens is 1. The van der Waals surface area contributed by atoms with Crippen LogP contribution in [0.5, 0.6) is 63.8 Å². The molecular weight excluding hydrogens is 1760 g/mol. The molecule has 0 aliphatic rings. The van der Waals surface area contributed by atoms with E-state index in [0.717, 1.165) is 35.5 Å². The number of nitrogens with zero attached hydrogens (tertiary/aromatic N) is 6. The van der Waals surface area contributed by atoms with Gasteiger partial charge >= 0.3 is 89.9 Å². The van der Waals surface area contributed by atoms with Crippen LogP contribution in [-0.2, 0) is 35.1 Å². The van der Waals surface area contributed by atoms with Crippen molar-refractivity contribution in [1.29, 1.82) is 0 Å². The van der Waals surface area contributed by atoms with Crippen molar-refractivity contribution in [3.05, 3.63) is 154 Å². The number of aromatic hydroxyl groups is 1. The number of hydrogen-bond acceptors (Lipinski definition) is 29. The Kier molecular flexibility index (Phi) is 98.9. The van der Waals surface area contributed by atoms with E-state index in [-0.39, 0.29) is 153 Å². The van der Waals surface area contributed by atoms with Gasteiger partial charge in [0, 0.05) is 72.9 Å². The second-order valence-electron chi connectivity index (χ2n) is 23.9. The number of aromatic nitrogens is 7. The van der Waals surface area contributed by atoms with Crippen molar-refractivity contribution in [3.8, 4) is 63.8 Å². The van der Waals surface area contributed by atoms with Crippen LogP contribution in [0.15, 0.2) is 109 Å². The number of aliphatic hydroxyl groups is 3. The number of rotatable bonds is 24. The molecule has 0 fully saturated rings. The summed E-state index contributed by atoms with van der Waals surface area (Å²) in [5.41, 5.74) is -2.66. The standard InChI is InChI=1S/C16H25NO5.C15H23NO5.C10H15NO3.C10H13NO3.C7H9NO2.C6H6ClNO.C5H4ClNO.C4H9.C3H6O.C2H7P.CH3I.2CH3O.3CH4.Li.2Na/c1-7-16(19,10-12(18)22-15(2,3)4)11-8-9-17-14(21-6)13(11)20-5;1-6-15(19,9-11(17)21-14(2,3)4)10-7-8-16-13(18)12(10)20-5;2*1-4-8(12)7-5-6-11-10(14-3)9(7)13-2;1-9-6-4-3-5-8-7(6)10-2;1-9-5-3-2-4-8-6(5)7;6-5-4(8)2-1-3-7-5;1-3-4-2;1-2-3-4;1-3-2;3*1-2;;;;;;/h8-9,19H,7,10H2,1-6H3;7-8,19H,6,9H2,1-5H3,(H,16,18);5-6,8,12H,4H2,1-3H3;5-6H,4H2,1-3H3;3-5H,1-2H3;2-4H,1H3;1-3,8H;1,3-4H2,2H3;3H,2H2,1H3;3H,1-2H3;3*1H3;3*1H4;;;/q;;;;;;;-1;;;;2*-1;;;;3*+1. The molecule has 0 radical (unpaired) electrons. The normalized spacial score (nSPS) is 10.4. The van der Waals surface area contributed by atoms with Crippen molar-refractivity contribution in [2.24, 2.45) is 0 Å². The number of ether oxygens (including phenoxy) is 12. The zero-order chi connectivity index (χ0) is 89.9. The van der Waals surface area contributed by atoms with Gasteiger partial charge in [-0.15, -0.1) is 8.58 Å². The first-order chi connectivity index (χ1) is 54.5. The van der Waals surface area contributed by atoms with E-state index >= 15 is 0 Å². The van der Waals surface area contributed by atoms with Gasteiger partial charge in [-0.1, -0.05) is 116 Å². The molecule has 0 aromatic carbocycles. The monoisotopic (exact) mass is 1890 g/mol. The number of aliphatic hydroxyl groups excluding tert-OH is 1. The maximum Gasteiger partial charge on any atom is 1.00 e. The fourth-order valence-electron chi connectivity index (χ4n) is 8.27. The number of nitrogens with one attached hydrogen (secondary N) is 1. The molecule has 0 amide bonds. The van der Waals surface area contributed by atoms with E-state index in [1.807, 2.05) is 18.8 Å². The van der Waals surface area contributed by atoms with Crippen molar-refractivity contribution in [3.63, 3.8) is 0 Å². The number of aromatic amines is 1. The third kappa shape index (κ3) is 59.6. The number of esters is 2. The zero-order valence-electron chi connectivity index (χ0n) is 74.9. The molecule has 7 aromatic heterocycles. The van der Waals surface area contributed by atoms with Crippen LogP contribution in [-0.4, -0.2) is 194 Å². The largest absolute Gasteiger partial charge is 1.00 e. The third-order valence-corrected chi connectivity index (χ3v) is 14.1. The number of carbonyl (C=O) groups excluding carboxylic acids is 4.